The number of nitrogens with two attached hydrogens (primary N) is 1. The van der Waals surface area contributed by atoms with Crippen LogP contribution in [0.1, 0.15) is 26.7 Å². The summed E-state index contributed by atoms with van der Waals surface area (Å²) in [6.45, 7) is 6.29. The van der Waals surface area contributed by atoms with Crippen LogP contribution in [0.3, 0.4) is 0 Å². The SMILES string of the molecule is CCCNCCOC(CC)C(N)=O. The van der Waals surface area contributed by atoms with Crippen molar-refractivity contribution in [3.63, 3.8) is 0 Å². The van der Waals surface area contributed by atoms with Crippen molar-refractivity contribution >= 4 is 5.91 Å². The van der Waals surface area contributed by atoms with Gasteiger partial charge in [-0.25, -0.2) is 0 Å². The number of nitrogens with one attached hydrogen (secondary N) is 1. The van der Waals surface area contributed by atoms with Crippen LogP contribution in [-0.4, -0.2) is 31.7 Å². The lowest BCUT2D eigenvalue weighted by Gasteiger charge is -2.12. The monoisotopic (exact) mass is 188 g/mol. The lowest BCUT2D eigenvalue weighted by atomic mass is 10.3. The Kier molecular flexibility index (Phi) is 7.63. The van der Waals surface area contributed by atoms with Gasteiger partial charge >= 0.3 is 0 Å². The summed E-state index contributed by atoms with van der Waals surface area (Å²) >= 11 is 0. The van der Waals surface area contributed by atoms with Crippen LogP contribution < -0.4 is 11.1 Å². The quantitative estimate of drug-likeness (QED) is 0.537. The van der Waals surface area contributed by atoms with Crippen LogP contribution in [0, 0.1) is 0 Å². The summed E-state index contributed by atoms with van der Waals surface area (Å²) in [4.78, 5) is 10.7. The second-order valence-corrected chi connectivity index (χ2v) is 2.92. The molecule has 13 heavy (non-hydrogen) atoms. The highest BCUT2D eigenvalue weighted by molar-refractivity contribution is 5.78. The molecule has 4 heteroatoms. The van der Waals surface area contributed by atoms with Crippen molar-refractivity contribution in [2.24, 2.45) is 5.73 Å². The molecular weight excluding hydrogens is 168 g/mol. The van der Waals surface area contributed by atoms with E-state index in [1.54, 1.807) is 0 Å². The first-order valence-electron chi connectivity index (χ1n) is 4.84. The van der Waals surface area contributed by atoms with Crippen LogP contribution in [0.2, 0.25) is 0 Å². The summed E-state index contributed by atoms with van der Waals surface area (Å²) in [7, 11) is 0. The molecule has 0 rings (SSSR count). The average Bonchev–Trinajstić information content (AvgIpc) is 2.10. The highest BCUT2D eigenvalue weighted by atomic mass is 16.5. The maximum atomic E-state index is 10.7. The highest BCUT2D eigenvalue weighted by Gasteiger charge is 2.11. The standard InChI is InChI=1S/C9H20N2O2/c1-3-5-11-6-7-13-8(4-2)9(10)12/h8,11H,3-7H2,1-2H3,(H2,10,12). The van der Waals surface area contributed by atoms with Crippen LogP contribution in [0.25, 0.3) is 0 Å². The Hall–Kier alpha value is -0.610. The Morgan fingerprint density at radius 3 is 2.62 bits per heavy atom. The molecule has 0 spiro atoms. The maximum absolute atomic E-state index is 10.7. The molecule has 0 saturated heterocycles. The summed E-state index contributed by atoms with van der Waals surface area (Å²) in [6.07, 6.45) is 1.32. The lowest BCUT2D eigenvalue weighted by Crippen LogP contribution is -2.33. The molecule has 0 fully saturated rings. The first-order chi connectivity index (χ1) is 6.22. The van der Waals surface area contributed by atoms with Crippen molar-refractivity contribution in [1.82, 2.24) is 5.32 Å². The molecule has 0 aromatic heterocycles. The number of hydrogen-bond donors (Lipinski definition) is 2. The van der Waals surface area contributed by atoms with Crippen molar-refractivity contribution < 1.29 is 9.53 Å². The molecule has 0 heterocycles. The Morgan fingerprint density at radius 1 is 1.46 bits per heavy atom. The van der Waals surface area contributed by atoms with Gasteiger partial charge in [0, 0.05) is 6.54 Å². The van der Waals surface area contributed by atoms with E-state index in [2.05, 4.69) is 12.2 Å². The Bertz CT molecular complexity index is 140. The van der Waals surface area contributed by atoms with Gasteiger partial charge in [-0.05, 0) is 19.4 Å². The molecule has 0 bridgehead atoms. The summed E-state index contributed by atoms with van der Waals surface area (Å²) < 4.78 is 5.26. The second-order valence-electron chi connectivity index (χ2n) is 2.92. The molecule has 0 aliphatic carbocycles. The van der Waals surface area contributed by atoms with E-state index in [9.17, 15) is 4.79 Å². The maximum Gasteiger partial charge on any atom is 0.246 e. The molecular formula is C9H20N2O2. The van der Waals surface area contributed by atoms with Gasteiger partial charge < -0.3 is 15.8 Å². The molecule has 0 aliphatic heterocycles. The lowest BCUT2D eigenvalue weighted by molar-refractivity contribution is -0.129. The van der Waals surface area contributed by atoms with Gasteiger partial charge in [0.1, 0.15) is 6.10 Å². The zero-order valence-electron chi connectivity index (χ0n) is 8.51. The number of hydrogen-bond acceptors (Lipinski definition) is 3. The van der Waals surface area contributed by atoms with Crippen LogP contribution in [0.15, 0.2) is 0 Å². The average molecular weight is 188 g/mol. The third-order valence-electron chi connectivity index (χ3n) is 1.71. The summed E-state index contributed by atoms with van der Waals surface area (Å²) in [6, 6.07) is 0. The molecule has 4 nitrogen and oxygen atoms in total. The Balaban J connectivity index is 3.33. The van der Waals surface area contributed by atoms with Crippen molar-refractivity contribution in [3.05, 3.63) is 0 Å². The summed E-state index contributed by atoms with van der Waals surface area (Å²) in [5.74, 6) is -0.377. The molecule has 1 unspecified atom stereocenters. The van der Waals surface area contributed by atoms with E-state index in [0.717, 1.165) is 19.5 Å². The molecule has 0 aliphatic rings. The smallest absolute Gasteiger partial charge is 0.246 e. The largest absolute Gasteiger partial charge is 0.367 e. The highest BCUT2D eigenvalue weighted by Crippen LogP contribution is 1.95. The third kappa shape index (κ3) is 6.54. The molecule has 0 aromatic rings. The fourth-order valence-corrected chi connectivity index (χ4v) is 0.976. The first-order valence-corrected chi connectivity index (χ1v) is 4.84. The van der Waals surface area contributed by atoms with Crippen LogP contribution in [0.5, 0.6) is 0 Å². The Labute approximate surface area is 79.8 Å². The number of carbonyl (C=O) groups is 1. The number of amides is 1. The van der Waals surface area contributed by atoms with Gasteiger partial charge in [-0.3, -0.25) is 4.79 Å². The van der Waals surface area contributed by atoms with Crippen LogP contribution >= 0.6 is 0 Å². The Morgan fingerprint density at radius 2 is 2.15 bits per heavy atom. The predicted molar refractivity (Wildman–Crippen MR) is 52.4 cm³/mol. The minimum atomic E-state index is -0.427. The molecule has 0 radical (unpaired) electrons. The second kappa shape index (κ2) is 8.01. The molecule has 0 aromatic carbocycles. The van der Waals surface area contributed by atoms with E-state index in [4.69, 9.17) is 10.5 Å². The van der Waals surface area contributed by atoms with Crippen molar-refractivity contribution in [2.45, 2.75) is 32.8 Å². The van der Waals surface area contributed by atoms with E-state index in [-0.39, 0.29) is 5.91 Å². The van der Waals surface area contributed by atoms with E-state index in [0.29, 0.717) is 13.0 Å². The number of carbonyl (C=O) groups excluding carboxylic acids is 1. The molecule has 3 N–H and O–H groups in total. The minimum absolute atomic E-state index is 0.377. The molecule has 1 amide bonds. The zero-order chi connectivity index (χ0) is 10.1. The van der Waals surface area contributed by atoms with Gasteiger partial charge in [0.05, 0.1) is 6.61 Å². The van der Waals surface area contributed by atoms with Gasteiger partial charge in [0.2, 0.25) is 5.91 Å². The van der Waals surface area contributed by atoms with Crippen molar-refractivity contribution in [2.75, 3.05) is 19.7 Å². The summed E-state index contributed by atoms with van der Waals surface area (Å²) in [5.41, 5.74) is 5.10. The summed E-state index contributed by atoms with van der Waals surface area (Å²) in [5, 5.41) is 3.18. The molecule has 78 valence electrons. The van der Waals surface area contributed by atoms with Crippen molar-refractivity contribution in [1.29, 1.82) is 0 Å². The number of ether oxygens (including phenoxy) is 1. The van der Waals surface area contributed by atoms with Gasteiger partial charge in [-0.15, -0.1) is 0 Å². The van der Waals surface area contributed by atoms with Gasteiger partial charge in [0.15, 0.2) is 0 Å². The van der Waals surface area contributed by atoms with Gasteiger partial charge in [0.25, 0.3) is 0 Å². The predicted octanol–water partition coefficient (Wildman–Crippen LogP) is 0.267. The molecule has 0 saturated carbocycles. The topological polar surface area (TPSA) is 64.3 Å². The zero-order valence-corrected chi connectivity index (χ0v) is 8.51. The minimum Gasteiger partial charge on any atom is -0.367 e. The van der Waals surface area contributed by atoms with E-state index < -0.39 is 6.10 Å². The van der Waals surface area contributed by atoms with E-state index >= 15 is 0 Å². The van der Waals surface area contributed by atoms with Crippen LogP contribution in [-0.2, 0) is 9.53 Å². The van der Waals surface area contributed by atoms with E-state index in [1.165, 1.54) is 0 Å². The van der Waals surface area contributed by atoms with E-state index in [1.807, 2.05) is 6.92 Å². The number of rotatable bonds is 8. The third-order valence-corrected chi connectivity index (χ3v) is 1.71. The van der Waals surface area contributed by atoms with Crippen LogP contribution in [0.4, 0.5) is 0 Å². The molecule has 1 atom stereocenters. The first kappa shape index (κ1) is 12.4. The fraction of sp³-hybridized carbons (Fsp3) is 0.889. The number of primary amides is 1. The fourth-order valence-electron chi connectivity index (χ4n) is 0.976. The normalized spacial score (nSPS) is 12.8. The van der Waals surface area contributed by atoms with Crippen molar-refractivity contribution in [3.8, 4) is 0 Å². The van der Waals surface area contributed by atoms with Gasteiger partial charge in [-0.2, -0.15) is 0 Å². The van der Waals surface area contributed by atoms with Gasteiger partial charge in [-0.1, -0.05) is 13.8 Å².